The van der Waals surface area contributed by atoms with Crippen LogP contribution >= 0.6 is 0 Å². The van der Waals surface area contributed by atoms with Gasteiger partial charge >= 0.3 is 6.36 Å². The largest absolute Gasteiger partial charge is 0.573 e. The lowest BCUT2D eigenvalue weighted by Crippen LogP contribution is -2.18. The van der Waals surface area contributed by atoms with Gasteiger partial charge in [0.15, 0.2) is 5.75 Å². The van der Waals surface area contributed by atoms with Gasteiger partial charge in [-0.15, -0.1) is 13.2 Å². The fraction of sp³-hybridized carbons (Fsp3) is 0.462. The second-order valence-electron chi connectivity index (χ2n) is 4.45. The van der Waals surface area contributed by atoms with Crippen molar-refractivity contribution in [3.05, 3.63) is 23.8 Å². The van der Waals surface area contributed by atoms with Crippen molar-refractivity contribution in [1.82, 2.24) is 0 Å². The van der Waals surface area contributed by atoms with Crippen LogP contribution in [0.3, 0.4) is 0 Å². The highest BCUT2D eigenvalue weighted by Gasteiger charge is 2.36. The van der Waals surface area contributed by atoms with Crippen molar-refractivity contribution in [3.63, 3.8) is 0 Å². The van der Waals surface area contributed by atoms with Crippen LogP contribution in [0.2, 0.25) is 0 Å². The van der Waals surface area contributed by atoms with E-state index in [0.29, 0.717) is 12.0 Å². The van der Waals surface area contributed by atoms with E-state index < -0.39 is 6.36 Å². The maximum atomic E-state index is 12.3. The summed E-state index contributed by atoms with van der Waals surface area (Å²) in [6, 6.07) is 4.34. The summed E-state index contributed by atoms with van der Waals surface area (Å²) in [4.78, 5) is 11.8. The van der Waals surface area contributed by atoms with Crippen molar-refractivity contribution in [1.29, 1.82) is 0 Å². The lowest BCUT2D eigenvalue weighted by molar-refractivity contribution is -0.274. The van der Waals surface area contributed by atoms with Crippen LogP contribution in [0.25, 0.3) is 0 Å². The molecule has 3 nitrogen and oxygen atoms in total. The normalized spacial score (nSPS) is 18.1. The molecule has 0 radical (unpaired) electrons. The van der Waals surface area contributed by atoms with Gasteiger partial charge in [-0.1, -0.05) is 31.9 Å². The van der Waals surface area contributed by atoms with Crippen molar-refractivity contribution < 1.29 is 22.7 Å². The fourth-order valence-corrected chi connectivity index (χ4v) is 2.23. The molecule has 19 heavy (non-hydrogen) atoms. The molecular formula is C13H14F3NO2. The standard InChI is InChI=1S/C13H14F3NO2/c1-2-3-5-9-8-6-4-7-10(19-13(14,15)16)11(8)17-12(9)18/h4,6-7,9H,2-3,5H2,1H3,(H,17,18). The first kappa shape index (κ1) is 13.7. The third-order valence-electron chi connectivity index (χ3n) is 3.07. The predicted octanol–water partition coefficient (Wildman–Crippen LogP) is 3.81. The molecule has 0 aliphatic carbocycles. The zero-order valence-electron chi connectivity index (χ0n) is 10.4. The maximum absolute atomic E-state index is 12.3. The number of rotatable bonds is 4. The summed E-state index contributed by atoms with van der Waals surface area (Å²) in [5, 5.41) is 2.48. The average molecular weight is 273 g/mol. The first-order chi connectivity index (χ1) is 8.92. The molecule has 0 saturated carbocycles. The smallest absolute Gasteiger partial charge is 0.404 e. The minimum atomic E-state index is -4.76. The molecule has 1 heterocycles. The van der Waals surface area contributed by atoms with E-state index in [-0.39, 0.29) is 23.3 Å². The molecule has 0 spiro atoms. The minimum Gasteiger partial charge on any atom is -0.404 e. The van der Waals surface area contributed by atoms with Gasteiger partial charge in [0.25, 0.3) is 0 Å². The van der Waals surface area contributed by atoms with Crippen LogP contribution in [0.1, 0.15) is 37.7 Å². The molecule has 2 rings (SSSR count). The van der Waals surface area contributed by atoms with Gasteiger partial charge in [0.05, 0.1) is 11.6 Å². The van der Waals surface area contributed by atoms with E-state index in [2.05, 4.69) is 10.1 Å². The molecule has 1 aliphatic rings. The van der Waals surface area contributed by atoms with Crippen molar-refractivity contribution in [3.8, 4) is 5.75 Å². The number of alkyl halides is 3. The van der Waals surface area contributed by atoms with Gasteiger partial charge in [-0.2, -0.15) is 0 Å². The van der Waals surface area contributed by atoms with E-state index in [4.69, 9.17) is 0 Å². The van der Waals surface area contributed by atoms with Crippen molar-refractivity contribution >= 4 is 11.6 Å². The highest BCUT2D eigenvalue weighted by molar-refractivity contribution is 6.04. The van der Waals surface area contributed by atoms with Crippen LogP contribution in [-0.4, -0.2) is 12.3 Å². The quantitative estimate of drug-likeness (QED) is 0.905. The van der Waals surface area contributed by atoms with Gasteiger partial charge in [0.2, 0.25) is 5.91 Å². The molecule has 1 aromatic carbocycles. The minimum absolute atomic E-state index is 0.144. The summed E-state index contributed by atoms with van der Waals surface area (Å²) >= 11 is 0. The Kier molecular flexibility index (Phi) is 3.68. The number of carbonyl (C=O) groups is 1. The van der Waals surface area contributed by atoms with Gasteiger partial charge in [-0.25, -0.2) is 0 Å². The van der Waals surface area contributed by atoms with E-state index in [1.165, 1.54) is 12.1 Å². The Morgan fingerprint density at radius 2 is 2.11 bits per heavy atom. The molecule has 1 atom stereocenters. The number of para-hydroxylation sites is 1. The fourth-order valence-electron chi connectivity index (χ4n) is 2.23. The summed E-state index contributed by atoms with van der Waals surface area (Å²) in [5.41, 5.74) is 0.728. The number of anilines is 1. The van der Waals surface area contributed by atoms with Crippen molar-refractivity contribution in [2.45, 2.75) is 38.5 Å². The Hall–Kier alpha value is -1.72. The topological polar surface area (TPSA) is 38.3 Å². The Balaban J connectivity index is 2.29. The molecule has 104 valence electrons. The molecule has 0 fully saturated rings. The lowest BCUT2D eigenvalue weighted by atomic mass is 9.95. The summed E-state index contributed by atoms with van der Waals surface area (Å²) < 4.78 is 40.7. The molecule has 1 aliphatic heterocycles. The highest BCUT2D eigenvalue weighted by atomic mass is 19.4. The zero-order chi connectivity index (χ0) is 14.0. The van der Waals surface area contributed by atoms with E-state index in [9.17, 15) is 18.0 Å². The summed E-state index contributed by atoms with van der Waals surface area (Å²) in [6.07, 6.45) is -2.36. The van der Waals surface area contributed by atoms with Gasteiger partial charge in [0, 0.05) is 0 Å². The number of halogens is 3. The maximum Gasteiger partial charge on any atom is 0.573 e. The van der Waals surface area contributed by atoms with E-state index in [1.54, 1.807) is 6.07 Å². The molecule has 1 amide bonds. The highest BCUT2D eigenvalue weighted by Crippen LogP contribution is 2.42. The number of hydrogen-bond acceptors (Lipinski definition) is 2. The SMILES string of the molecule is CCCCC1C(=O)Nc2c(OC(F)(F)F)cccc21. The first-order valence-electron chi connectivity index (χ1n) is 6.12. The predicted molar refractivity (Wildman–Crippen MR) is 64.0 cm³/mol. The number of fused-ring (bicyclic) bond motifs is 1. The molecular weight excluding hydrogens is 259 g/mol. The van der Waals surface area contributed by atoms with Crippen LogP contribution in [0, 0.1) is 0 Å². The zero-order valence-corrected chi connectivity index (χ0v) is 10.4. The van der Waals surface area contributed by atoms with Crippen LogP contribution in [0.5, 0.6) is 5.75 Å². The number of unbranched alkanes of at least 4 members (excludes halogenated alkanes) is 1. The number of amides is 1. The molecule has 1 unspecified atom stereocenters. The van der Waals surface area contributed by atoms with Gasteiger partial charge in [0.1, 0.15) is 0 Å². The number of nitrogens with one attached hydrogen (secondary N) is 1. The second kappa shape index (κ2) is 5.11. The summed E-state index contributed by atoms with van der Waals surface area (Å²) in [6.45, 7) is 2.00. The second-order valence-corrected chi connectivity index (χ2v) is 4.45. The third-order valence-corrected chi connectivity index (χ3v) is 3.07. The third kappa shape index (κ3) is 3.00. The summed E-state index contributed by atoms with van der Waals surface area (Å²) in [7, 11) is 0. The van der Waals surface area contributed by atoms with E-state index >= 15 is 0 Å². The van der Waals surface area contributed by atoms with Gasteiger partial charge < -0.3 is 10.1 Å². The molecule has 6 heteroatoms. The lowest BCUT2D eigenvalue weighted by Gasteiger charge is -2.12. The van der Waals surface area contributed by atoms with Gasteiger partial charge in [-0.05, 0) is 18.1 Å². The number of hydrogen-bond donors (Lipinski definition) is 1. The molecule has 0 aromatic heterocycles. The molecule has 0 saturated heterocycles. The Morgan fingerprint density at radius 1 is 1.37 bits per heavy atom. The van der Waals surface area contributed by atoms with Crippen molar-refractivity contribution in [2.24, 2.45) is 0 Å². The Bertz CT molecular complexity index is 485. The number of ether oxygens (including phenoxy) is 1. The Morgan fingerprint density at radius 3 is 2.74 bits per heavy atom. The van der Waals surface area contributed by atoms with Crippen LogP contribution in [0.4, 0.5) is 18.9 Å². The van der Waals surface area contributed by atoms with Gasteiger partial charge in [-0.3, -0.25) is 4.79 Å². The summed E-state index contributed by atoms with van der Waals surface area (Å²) in [5.74, 6) is -0.995. The molecule has 1 aromatic rings. The van der Waals surface area contributed by atoms with Crippen LogP contribution in [0.15, 0.2) is 18.2 Å². The Labute approximate surface area is 108 Å². The average Bonchev–Trinajstić information content (AvgIpc) is 2.62. The van der Waals surface area contributed by atoms with Crippen LogP contribution in [-0.2, 0) is 4.79 Å². The first-order valence-corrected chi connectivity index (χ1v) is 6.12. The monoisotopic (exact) mass is 273 g/mol. The molecule has 1 N–H and O–H groups in total. The molecule has 0 bridgehead atoms. The van der Waals surface area contributed by atoms with Crippen molar-refractivity contribution in [2.75, 3.05) is 5.32 Å². The van der Waals surface area contributed by atoms with E-state index in [0.717, 1.165) is 12.8 Å². The number of benzene rings is 1. The van der Waals surface area contributed by atoms with E-state index in [1.807, 2.05) is 6.92 Å². The van der Waals surface area contributed by atoms with Crippen LogP contribution < -0.4 is 10.1 Å². The number of carbonyl (C=O) groups excluding carboxylic acids is 1.